The molecule has 0 saturated heterocycles. The first-order chi connectivity index (χ1) is 9.24. The van der Waals surface area contributed by atoms with Crippen molar-refractivity contribution in [3.8, 4) is 11.5 Å². The number of halogens is 1. The van der Waals surface area contributed by atoms with E-state index in [-0.39, 0.29) is 0 Å². The van der Waals surface area contributed by atoms with E-state index in [1.807, 2.05) is 12.1 Å². The minimum absolute atomic E-state index is 0.464. The highest BCUT2D eigenvalue weighted by Gasteiger charge is 2.21. The quantitative estimate of drug-likeness (QED) is 0.793. The summed E-state index contributed by atoms with van der Waals surface area (Å²) in [6.07, 6.45) is 6.25. The van der Waals surface area contributed by atoms with Gasteiger partial charge in [0.15, 0.2) is 0 Å². The van der Waals surface area contributed by atoms with Crippen LogP contribution in [-0.4, -0.2) is 10.2 Å². The molecule has 2 aromatic rings. The first-order valence-corrected chi connectivity index (χ1v) is 7.63. The van der Waals surface area contributed by atoms with Gasteiger partial charge in [-0.1, -0.05) is 35.2 Å². The molecule has 3 rings (SSSR count). The van der Waals surface area contributed by atoms with Crippen LogP contribution in [0.2, 0.25) is 0 Å². The molecule has 100 valence electrons. The summed E-state index contributed by atoms with van der Waals surface area (Å²) in [6.45, 7) is 2.06. The van der Waals surface area contributed by atoms with E-state index in [0.717, 1.165) is 15.9 Å². The Morgan fingerprint density at radius 3 is 2.68 bits per heavy atom. The Kier molecular flexibility index (Phi) is 3.69. The number of hydrogen-bond donors (Lipinski definition) is 0. The van der Waals surface area contributed by atoms with Gasteiger partial charge < -0.3 is 4.42 Å². The van der Waals surface area contributed by atoms with Crippen molar-refractivity contribution in [1.82, 2.24) is 10.2 Å². The van der Waals surface area contributed by atoms with Crippen LogP contribution in [0, 0.1) is 6.92 Å². The highest BCUT2D eigenvalue weighted by molar-refractivity contribution is 9.10. The van der Waals surface area contributed by atoms with Crippen LogP contribution in [-0.2, 0) is 0 Å². The molecule has 0 atom stereocenters. The molecule has 0 bridgehead atoms. The molecule has 0 aliphatic heterocycles. The number of rotatable bonds is 2. The Bertz CT molecular complexity index is 573. The number of nitrogens with zero attached hydrogens (tertiary/aromatic N) is 2. The van der Waals surface area contributed by atoms with E-state index in [9.17, 15) is 0 Å². The van der Waals surface area contributed by atoms with Gasteiger partial charge >= 0.3 is 0 Å². The van der Waals surface area contributed by atoms with Crippen molar-refractivity contribution < 1.29 is 4.42 Å². The number of aromatic nitrogens is 2. The lowest BCUT2D eigenvalue weighted by molar-refractivity contribution is 0.367. The van der Waals surface area contributed by atoms with Gasteiger partial charge in [-0.2, -0.15) is 0 Å². The number of hydrogen-bond acceptors (Lipinski definition) is 3. The van der Waals surface area contributed by atoms with E-state index < -0.39 is 0 Å². The van der Waals surface area contributed by atoms with Gasteiger partial charge in [-0.3, -0.25) is 0 Å². The van der Waals surface area contributed by atoms with E-state index >= 15 is 0 Å². The third-order valence-electron chi connectivity index (χ3n) is 3.80. The largest absolute Gasteiger partial charge is 0.420 e. The van der Waals surface area contributed by atoms with Crippen LogP contribution in [0.3, 0.4) is 0 Å². The van der Waals surface area contributed by atoms with E-state index in [0.29, 0.717) is 11.8 Å². The van der Waals surface area contributed by atoms with E-state index in [2.05, 4.69) is 39.1 Å². The summed E-state index contributed by atoms with van der Waals surface area (Å²) in [6, 6.07) is 6.10. The van der Waals surface area contributed by atoms with Gasteiger partial charge in [0.1, 0.15) is 0 Å². The van der Waals surface area contributed by atoms with Gasteiger partial charge in [0, 0.05) is 16.0 Å². The van der Waals surface area contributed by atoms with Crippen molar-refractivity contribution in [2.24, 2.45) is 0 Å². The van der Waals surface area contributed by atoms with Gasteiger partial charge in [-0.05, 0) is 43.5 Å². The van der Waals surface area contributed by atoms with Crippen LogP contribution in [0.15, 0.2) is 27.1 Å². The van der Waals surface area contributed by atoms with Crippen molar-refractivity contribution in [1.29, 1.82) is 0 Å². The lowest BCUT2D eigenvalue weighted by Gasteiger charge is -2.17. The summed E-state index contributed by atoms with van der Waals surface area (Å²) >= 11 is 3.50. The van der Waals surface area contributed by atoms with Crippen LogP contribution in [0.25, 0.3) is 11.5 Å². The second-order valence-corrected chi connectivity index (χ2v) is 6.10. The molecule has 0 N–H and O–H groups in total. The fourth-order valence-corrected chi connectivity index (χ4v) is 2.89. The lowest BCUT2D eigenvalue weighted by atomic mass is 9.89. The molecule has 1 fully saturated rings. The van der Waals surface area contributed by atoms with Crippen molar-refractivity contribution in [2.75, 3.05) is 0 Å². The number of aryl methyl sites for hydroxylation is 1. The molecule has 0 spiro atoms. The SMILES string of the molecule is Cc1cc(-c2nnc(C3CCCCC3)o2)ccc1Br. The molecular weight excluding hydrogens is 304 g/mol. The van der Waals surface area contributed by atoms with Crippen molar-refractivity contribution in [3.05, 3.63) is 34.1 Å². The summed E-state index contributed by atoms with van der Waals surface area (Å²) in [4.78, 5) is 0. The van der Waals surface area contributed by atoms with Gasteiger partial charge in [0.05, 0.1) is 0 Å². The van der Waals surface area contributed by atoms with Gasteiger partial charge in [-0.15, -0.1) is 10.2 Å². The Balaban J connectivity index is 1.85. The second kappa shape index (κ2) is 5.45. The predicted molar refractivity (Wildman–Crippen MR) is 78.0 cm³/mol. The fraction of sp³-hybridized carbons (Fsp3) is 0.467. The standard InChI is InChI=1S/C15H17BrN2O/c1-10-9-12(7-8-13(10)16)15-18-17-14(19-15)11-5-3-2-4-6-11/h7-9,11H,2-6H2,1H3. The molecule has 4 heteroatoms. The molecule has 0 amide bonds. The van der Waals surface area contributed by atoms with Crippen LogP contribution in [0.4, 0.5) is 0 Å². The third kappa shape index (κ3) is 2.73. The normalized spacial score (nSPS) is 16.7. The fourth-order valence-electron chi connectivity index (χ4n) is 2.64. The minimum atomic E-state index is 0.464. The van der Waals surface area contributed by atoms with Gasteiger partial charge in [0.25, 0.3) is 0 Å². The first-order valence-electron chi connectivity index (χ1n) is 6.84. The maximum atomic E-state index is 5.87. The van der Waals surface area contributed by atoms with Gasteiger partial charge in [-0.25, -0.2) is 0 Å². The van der Waals surface area contributed by atoms with Crippen molar-refractivity contribution in [3.63, 3.8) is 0 Å². The summed E-state index contributed by atoms with van der Waals surface area (Å²) in [5.74, 6) is 1.91. The molecule has 3 nitrogen and oxygen atoms in total. The predicted octanol–water partition coefficient (Wildman–Crippen LogP) is 4.86. The monoisotopic (exact) mass is 320 g/mol. The van der Waals surface area contributed by atoms with Gasteiger partial charge in [0.2, 0.25) is 11.8 Å². The second-order valence-electron chi connectivity index (χ2n) is 5.24. The highest BCUT2D eigenvalue weighted by atomic mass is 79.9. The summed E-state index contributed by atoms with van der Waals surface area (Å²) in [5.41, 5.74) is 2.17. The smallest absolute Gasteiger partial charge is 0.247 e. The zero-order valence-corrected chi connectivity index (χ0v) is 12.6. The zero-order chi connectivity index (χ0) is 13.2. The molecule has 19 heavy (non-hydrogen) atoms. The van der Waals surface area contributed by atoms with Crippen LogP contribution >= 0.6 is 15.9 Å². The van der Waals surface area contributed by atoms with Crippen LogP contribution < -0.4 is 0 Å². The molecule has 1 saturated carbocycles. The topological polar surface area (TPSA) is 38.9 Å². The highest BCUT2D eigenvalue weighted by Crippen LogP contribution is 2.33. The molecule has 1 aliphatic rings. The maximum absolute atomic E-state index is 5.87. The summed E-state index contributed by atoms with van der Waals surface area (Å²) < 4.78 is 6.97. The Morgan fingerprint density at radius 2 is 1.95 bits per heavy atom. The Morgan fingerprint density at radius 1 is 1.16 bits per heavy atom. The molecule has 0 unspecified atom stereocenters. The summed E-state index contributed by atoms with van der Waals surface area (Å²) in [7, 11) is 0. The van der Waals surface area contributed by atoms with Crippen LogP contribution in [0.5, 0.6) is 0 Å². The molecule has 1 heterocycles. The van der Waals surface area contributed by atoms with E-state index in [4.69, 9.17) is 4.42 Å². The van der Waals surface area contributed by atoms with E-state index in [1.54, 1.807) is 0 Å². The minimum Gasteiger partial charge on any atom is -0.420 e. The molecule has 1 aromatic carbocycles. The Labute approximate surface area is 121 Å². The average Bonchev–Trinajstić information content (AvgIpc) is 2.93. The average molecular weight is 321 g/mol. The van der Waals surface area contributed by atoms with E-state index in [1.165, 1.54) is 37.7 Å². The Hall–Kier alpha value is -1.16. The third-order valence-corrected chi connectivity index (χ3v) is 4.69. The summed E-state index contributed by atoms with van der Waals surface area (Å²) in [5, 5.41) is 8.44. The maximum Gasteiger partial charge on any atom is 0.247 e. The molecular formula is C15H17BrN2O. The number of benzene rings is 1. The first kappa shape index (κ1) is 12.9. The molecule has 0 radical (unpaired) electrons. The zero-order valence-electron chi connectivity index (χ0n) is 11.0. The lowest BCUT2D eigenvalue weighted by Crippen LogP contribution is -2.04. The molecule has 1 aliphatic carbocycles. The van der Waals surface area contributed by atoms with Crippen LogP contribution in [0.1, 0.15) is 49.5 Å². The molecule has 1 aromatic heterocycles. The van der Waals surface area contributed by atoms with Crippen molar-refractivity contribution >= 4 is 15.9 Å². The van der Waals surface area contributed by atoms with Crippen molar-refractivity contribution in [2.45, 2.75) is 44.9 Å².